The molecular formula is C14H22ClN3O3S. The molecule has 0 saturated carbocycles. The Morgan fingerprint density at radius 1 is 1.36 bits per heavy atom. The fraction of sp³-hybridized carbons (Fsp3) is 0.429. The number of aliphatic hydroxyl groups excluding tert-OH is 1. The molecule has 0 radical (unpaired) electrons. The zero-order chi connectivity index (χ0) is 15.5. The molecule has 22 heavy (non-hydrogen) atoms. The molecule has 1 aliphatic heterocycles. The van der Waals surface area contributed by atoms with Gasteiger partial charge in [-0.05, 0) is 24.6 Å². The van der Waals surface area contributed by atoms with Crippen molar-refractivity contribution in [2.75, 3.05) is 30.7 Å². The Hall–Kier alpha value is -1.28. The summed E-state index contributed by atoms with van der Waals surface area (Å²) in [6.07, 6.45) is 3.44. The van der Waals surface area contributed by atoms with E-state index in [1.54, 1.807) is 31.2 Å². The summed E-state index contributed by atoms with van der Waals surface area (Å²) >= 11 is 0. The van der Waals surface area contributed by atoms with Gasteiger partial charge in [0, 0.05) is 12.7 Å². The van der Waals surface area contributed by atoms with Crippen LogP contribution in [0.3, 0.4) is 0 Å². The van der Waals surface area contributed by atoms with Gasteiger partial charge < -0.3 is 22.4 Å². The monoisotopic (exact) mass is 347 g/mol. The minimum atomic E-state index is -3.26. The van der Waals surface area contributed by atoms with Crippen LogP contribution in [0.4, 0.5) is 5.69 Å². The zero-order valence-corrected chi connectivity index (χ0v) is 14.2. The number of nitrogens with zero attached hydrogens (tertiary/aromatic N) is 1. The highest BCUT2D eigenvalue weighted by atomic mass is 35.5. The van der Waals surface area contributed by atoms with Gasteiger partial charge in [0.2, 0.25) is 10.0 Å². The van der Waals surface area contributed by atoms with Crippen LogP contribution in [0.2, 0.25) is 0 Å². The van der Waals surface area contributed by atoms with Gasteiger partial charge in [0.05, 0.1) is 12.0 Å². The van der Waals surface area contributed by atoms with Crippen molar-refractivity contribution >= 4 is 15.7 Å². The van der Waals surface area contributed by atoms with Gasteiger partial charge in [0.1, 0.15) is 18.8 Å². The Labute approximate surface area is 137 Å². The maximum Gasteiger partial charge on any atom is 0.232 e. The van der Waals surface area contributed by atoms with Crippen LogP contribution in [0.5, 0.6) is 0 Å². The van der Waals surface area contributed by atoms with Crippen LogP contribution in [-0.2, 0) is 10.0 Å². The molecule has 0 aromatic heterocycles. The molecule has 124 valence electrons. The second-order valence-electron chi connectivity index (χ2n) is 5.24. The molecule has 1 aliphatic rings. The zero-order valence-electron chi connectivity index (χ0n) is 12.7. The van der Waals surface area contributed by atoms with Gasteiger partial charge in [-0.1, -0.05) is 12.1 Å². The van der Waals surface area contributed by atoms with E-state index in [0.717, 1.165) is 12.2 Å². The van der Waals surface area contributed by atoms with Gasteiger partial charge >= 0.3 is 0 Å². The molecule has 1 aromatic rings. The first-order valence-electron chi connectivity index (χ1n) is 6.91. The Balaban J connectivity index is 0.00000242. The lowest BCUT2D eigenvalue weighted by molar-refractivity contribution is -0.853. The molecule has 1 aromatic carbocycles. The number of hydrogen-bond acceptors (Lipinski definition) is 4. The first-order valence-corrected chi connectivity index (χ1v) is 8.56. The van der Waals surface area contributed by atoms with Gasteiger partial charge in [-0.2, -0.15) is 0 Å². The van der Waals surface area contributed by atoms with Crippen LogP contribution in [0.1, 0.15) is 18.6 Å². The topological polar surface area (TPSA) is 74.1 Å². The van der Waals surface area contributed by atoms with E-state index >= 15 is 0 Å². The van der Waals surface area contributed by atoms with Crippen molar-refractivity contribution in [2.24, 2.45) is 0 Å². The van der Waals surface area contributed by atoms with Crippen molar-refractivity contribution in [1.82, 2.24) is 4.90 Å². The minimum Gasteiger partial charge on any atom is -1.00 e. The van der Waals surface area contributed by atoms with E-state index in [1.807, 2.05) is 19.4 Å². The minimum absolute atomic E-state index is 0. The second-order valence-corrected chi connectivity index (χ2v) is 7.25. The van der Waals surface area contributed by atoms with Crippen molar-refractivity contribution in [3.8, 4) is 0 Å². The molecule has 0 fully saturated rings. The van der Waals surface area contributed by atoms with E-state index < -0.39 is 16.1 Å². The normalized spacial score (nSPS) is 18.9. The predicted molar refractivity (Wildman–Crippen MR) is 82.1 cm³/mol. The summed E-state index contributed by atoms with van der Waals surface area (Å²) in [5.74, 6) is 0.0373. The maximum absolute atomic E-state index is 11.5. The maximum atomic E-state index is 11.5. The number of aliphatic hydroxyl groups is 1. The predicted octanol–water partition coefficient (Wildman–Crippen LogP) is -3.26. The third kappa shape index (κ3) is 5.17. The molecule has 3 N–H and O–H groups in total. The largest absolute Gasteiger partial charge is 1.00 e. The molecule has 0 aliphatic carbocycles. The standard InChI is InChI=1S/C14H21N3O3S.ClH/c1-3-21(19,20)15-13-6-4-12(5-7-13)14(18)10-17-9-8-16(2)11-17;/h4-9,14-15,18H,3,10-11H2,1-2H3;1H. The summed E-state index contributed by atoms with van der Waals surface area (Å²) in [6.45, 7) is 3.01. The number of halogens is 1. The summed E-state index contributed by atoms with van der Waals surface area (Å²) in [6, 6.07) is 6.85. The van der Waals surface area contributed by atoms with Crippen molar-refractivity contribution in [1.29, 1.82) is 0 Å². The molecule has 8 heteroatoms. The second kappa shape index (κ2) is 7.82. The third-order valence-electron chi connectivity index (χ3n) is 3.42. The summed E-state index contributed by atoms with van der Waals surface area (Å²) in [7, 11) is -1.27. The SMILES string of the molecule is CCS(=O)(=O)Nc1ccc(C(O)C[NH+]2C=CN(C)C2)cc1.[Cl-]. The number of anilines is 1. The van der Waals surface area contributed by atoms with Gasteiger partial charge in [-0.15, -0.1) is 0 Å². The van der Waals surface area contributed by atoms with Gasteiger partial charge in [0.15, 0.2) is 6.67 Å². The highest BCUT2D eigenvalue weighted by molar-refractivity contribution is 7.92. The van der Waals surface area contributed by atoms with Crippen molar-refractivity contribution in [3.05, 3.63) is 42.2 Å². The quantitative estimate of drug-likeness (QED) is 0.505. The van der Waals surface area contributed by atoms with E-state index in [1.165, 1.54) is 4.90 Å². The Morgan fingerprint density at radius 3 is 2.50 bits per heavy atom. The van der Waals surface area contributed by atoms with E-state index in [9.17, 15) is 13.5 Å². The van der Waals surface area contributed by atoms with E-state index in [4.69, 9.17) is 0 Å². The summed E-state index contributed by atoms with van der Waals surface area (Å²) in [4.78, 5) is 3.24. The molecule has 0 saturated heterocycles. The van der Waals surface area contributed by atoms with E-state index in [2.05, 4.69) is 9.62 Å². The van der Waals surface area contributed by atoms with Crippen LogP contribution in [-0.4, -0.2) is 44.4 Å². The first-order chi connectivity index (χ1) is 9.89. The van der Waals surface area contributed by atoms with E-state index in [-0.39, 0.29) is 18.2 Å². The Bertz CT molecular complexity index is 604. The highest BCUT2D eigenvalue weighted by Crippen LogP contribution is 2.16. The van der Waals surface area contributed by atoms with Gasteiger partial charge in [0.25, 0.3) is 0 Å². The average molecular weight is 348 g/mol. The van der Waals surface area contributed by atoms with Gasteiger partial charge in [-0.3, -0.25) is 9.62 Å². The van der Waals surface area contributed by atoms with E-state index in [0.29, 0.717) is 12.2 Å². The van der Waals surface area contributed by atoms with Crippen molar-refractivity contribution < 1.29 is 30.8 Å². The summed E-state index contributed by atoms with van der Waals surface area (Å²) in [5.41, 5.74) is 1.30. The van der Waals surface area contributed by atoms with Crippen molar-refractivity contribution in [3.63, 3.8) is 0 Å². The van der Waals surface area contributed by atoms with Crippen LogP contribution < -0.4 is 22.0 Å². The number of hydrogen-bond donors (Lipinski definition) is 3. The Kier molecular flexibility index (Phi) is 6.67. The fourth-order valence-corrected chi connectivity index (χ4v) is 2.82. The smallest absolute Gasteiger partial charge is 0.232 e. The lowest BCUT2D eigenvalue weighted by Crippen LogP contribution is -3.07. The highest BCUT2D eigenvalue weighted by Gasteiger charge is 2.19. The lowest BCUT2D eigenvalue weighted by Gasteiger charge is -2.17. The number of quaternary nitrogens is 1. The van der Waals surface area contributed by atoms with Gasteiger partial charge in [-0.25, -0.2) is 8.42 Å². The summed E-state index contributed by atoms with van der Waals surface area (Å²) in [5, 5.41) is 10.2. The number of sulfonamides is 1. The molecule has 6 nitrogen and oxygen atoms in total. The number of rotatable bonds is 6. The van der Waals surface area contributed by atoms with Crippen LogP contribution in [0, 0.1) is 0 Å². The summed E-state index contributed by atoms with van der Waals surface area (Å²) < 4.78 is 25.4. The lowest BCUT2D eigenvalue weighted by atomic mass is 10.1. The average Bonchev–Trinajstić information content (AvgIpc) is 2.84. The molecule has 2 unspecified atom stereocenters. The molecule has 0 bridgehead atoms. The van der Waals surface area contributed by atoms with Crippen molar-refractivity contribution in [2.45, 2.75) is 13.0 Å². The molecule has 2 rings (SSSR count). The Morgan fingerprint density at radius 2 is 2.00 bits per heavy atom. The fourth-order valence-electron chi connectivity index (χ4n) is 2.18. The van der Waals surface area contributed by atoms with Crippen LogP contribution in [0.25, 0.3) is 0 Å². The molecule has 2 atom stereocenters. The molecule has 1 heterocycles. The first kappa shape index (κ1) is 18.8. The number of benzene rings is 1. The van der Waals surface area contributed by atoms with Crippen LogP contribution in [0.15, 0.2) is 36.7 Å². The third-order valence-corrected chi connectivity index (χ3v) is 4.73. The molecular weight excluding hydrogens is 326 g/mol. The molecule has 0 spiro atoms. The molecule has 0 amide bonds. The van der Waals surface area contributed by atoms with Crippen LogP contribution >= 0.6 is 0 Å². The number of nitrogens with one attached hydrogen (secondary N) is 2.